The molecule has 7 heteroatoms. The van der Waals surface area contributed by atoms with Crippen LogP contribution >= 0.6 is 0 Å². The lowest BCUT2D eigenvalue weighted by atomic mass is 10.1. The minimum Gasteiger partial charge on any atom is -0.445 e. The average Bonchev–Trinajstić information content (AvgIpc) is 3.15. The van der Waals surface area contributed by atoms with Crippen molar-refractivity contribution in [2.45, 2.75) is 51.9 Å². The Morgan fingerprint density at radius 1 is 1.17 bits per heavy atom. The van der Waals surface area contributed by atoms with E-state index in [9.17, 15) is 9.59 Å². The number of carbonyl (C=O) groups is 2. The Morgan fingerprint density at radius 2 is 1.93 bits per heavy atom. The maximum atomic E-state index is 12.7. The molecule has 2 heterocycles. The molecule has 1 fully saturated rings. The van der Waals surface area contributed by atoms with Crippen molar-refractivity contribution < 1.29 is 19.1 Å². The van der Waals surface area contributed by atoms with Gasteiger partial charge in [0.1, 0.15) is 18.0 Å². The smallest absolute Gasteiger partial charge is 0.413 e. The summed E-state index contributed by atoms with van der Waals surface area (Å²) >= 11 is 0. The van der Waals surface area contributed by atoms with Gasteiger partial charge in [-0.1, -0.05) is 36.4 Å². The van der Waals surface area contributed by atoms with E-state index in [-0.39, 0.29) is 18.7 Å². The highest BCUT2D eigenvalue weighted by Gasteiger charge is 2.33. The monoisotopic (exact) mass is 397 g/mol. The number of nitrogens with zero attached hydrogens (tertiary/aromatic N) is 2. The summed E-state index contributed by atoms with van der Waals surface area (Å²) in [4.78, 5) is 30.9. The Labute approximate surface area is 171 Å². The van der Waals surface area contributed by atoms with E-state index in [1.807, 2.05) is 36.4 Å². The van der Waals surface area contributed by atoms with Crippen molar-refractivity contribution in [3.05, 3.63) is 59.8 Å². The van der Waals surface area contributed by atoms with Crippen molar-refractivity contribution in [2.75, 3.05) is 11.9 Å². The normalized spacial score (nSPS) is 16.4. The average molecular weight is 397 g/mol. The number of carbonyl (C=O) groups excluding carboxylic acids is 2. The maximum absolute atomic E-state index is 12.7. The highest BCUT2D eigenvalue weighted by atomic mass is 16.6. The summed E-state index contributed by atoms with van der Waals surface area (Å²) < 4.78 is 10.8. The van der Waals surface area contributed by atoms with Gasteiger partial charge in [-0.15, -0.1) is 0 Å². The van der Waals surface area contributed by atoms with E-state index < -0.39 is 11.7 Å². The molecule has 0 bridgehead atoms. The third-order valence-corrected chi connectivity index (χ3v) is 4.51. The number of hydrogen-bond acceptors (Lipinski definition) is 5. The van der Waals surface area contributed by atoms with Gasteiger partial charge in [-0.05, 0) is 45.2 Å². The molecule has 2 aromatic rings. The molecule has 1 atom stereocenters. The largest absolute Gasteiger partial charge is 0.445 e. The molecule has 1 saturated heterocycles. The second-order valence-electron chi connectivity index (χ2n) is 7.96. The van der Waals surface area contributed by atoms with E-state index in [4.69, 9.17) is 9.47 Å². The molecule has 3 rings (SSSR count). The number of rotatable bonds is 4. The molecule has 0 spiro atoms. The summed E-state index contributed by atoms with van der Waals surface area (Å²) in [6.07, 6.45) is 2.28. The van der Waals surface area contributed by atoms with Gasteiger partial charge in [-0.2, -0.15) is 0 Å². The molecule has 0 aliphatic carbocycles. The summed E-state index contributed by atoms with van der Waals surface area (Å²) in [5, 5.41) is 2.71. The Hall–Kier alpha value is -3.09. The van der Waals surface area contributed by atoms with Gasteiger partial charge in [0, 0.05) is 18.3 Å². The van der Waals surface area contributed by atoms with Crippen LogP contribution in [0.25, 0.3) is 0 Å². The standard InChI is InChI=1S/C22H27N3O4/c1-22(2,3)29-20(26)24-19-17(11-7-13-23-19)18-12-8-14-25(18)21(27)28-15-16-9-5-4-6-10-16/h4-7,9-11,13,18H,8,12,14-15H2,1-3H3,(H,23,24,26)/t18-/m1/s1. The zero-order valence-electron chi connectivity index (χ0n) is 17.1. The summed E-state index contributed by atoms with van der Waals surface area (Å²) in [5.74, 6) is 0.398. The van der Waals surface area contributed by atoms with Crippen LogP contribution in [-0.2, 0) is 16.1 Å². The van der Waals surface area contributed by atoms with Crippen molar-refractivity contribution >= 4 is 18.0 Å². The molecular formula is C22H27N3O4. The minimum absolute atomic E-state index is 0.211. The van der Waals surface area contributed by atoms with Crippen LogP contribution < -0.4 is 5.32 Å². The number of aromatic nitrogens is 1. The van der Waals surface area contributed by atoms with Gasteiger partial charge in [-0.3, -0.25) is 5.32 Å². The number of benzene rings is 1. The van der Waals surface area contributed by atoms with E-state index in [2.05, 4.69) is 10.3 Å². The van der Waals surface area contributed by atoms with Gasteiger partial charge >= 0.3 is 12.2 Å². The van der Waals surface area contributed by atoms with Gasteiger partial charge < -0.3 is 14.4 Å². The van der Waals surface area contributed by atoms with Crippen molar-refractivity contribution in [1.82, 2.24) is 9.88 Å². The maximum Gasteiger partial charge on any atom is 0.413 e. The van der Waals surface area contributed by atoms with Crippen LogP contribution in [0.4, 0.5) is 15.4 Å². The lowest BCUT2D eigenvalue weighted by Crippen LogP contribution is -2.32. The number of likely N-dealkylation sites (tertiary alicyclic amines) is 1. The Balaban J connectivity index is 1.70. The molecule has 2 amide bonds. The van der Waals surface area contributed by atoms with Gasteiger partial charge in [0.25, 0.3) is 0 Å². The summed E-state index contributed by atoms with van der Waals surface area (Å²) in [5.41, 5.74) is 1.09. The lowest BCUT2D eigenvalue weighted by molar-refractivity contribution is 0.0635. The predicted octanol–water partition coefficient (Wildman–Crippen LogP) is 4.90. The number of pyridine rings is 1. The van der Waals surface area contributed by atoms with Crippen molar-refractivity contribution in [1.29, 1.82) is 0 Å². The second-order valence-corrected chi connectivity index (χ2v) is 7.96. The summed E-state index contributed by atoms with van der Waals surface area (Å²) in [7, 11) is 0. The third-order valence-electron chi connectivity index (χ3n) is 4.51. The molecule has 1 aliphatic heterocycles. The van der Waals surface area contributed by atoms with Gasteiger partial charge in [0.05, 0.1) is 6.04 Å². The van der Waals surface area contributed by atoms with Gasteiger partial charge in [0.2, 0.25) is 0 Å². The first-order valence-electron chi connectivity index (χ1n) is 9.76. The molecule has 1 aromatic heterocycles. The van der Waals surface area contributed by atoms with Gasteiger partial charge in [-0.25, -0.2) is 14.6 Å². The molecule has 1 aliphatic rings. The van der Waals surface area contributed by atoms with E-state index in [1.165, 1.54) is 0 Å². The quantitative estimate of drug-likeness (QED) is 0.793. The molecule has 1 aromatic carbocycles. The van der Waals surface area contributed by atoms with Crippen LogP contribution in [-0.4, -0.2) is 34.2 Å². The SMILES string of the molecule is CC(C)(C)OC(=O)Nc1ncccc1[C@H]1CCCN1C(=O)OCc1ccccc1. The van der Waals surface area contributed by atoms with Crippen LogP contribution in [0.3, 0.4) is 0 Å². The zero-order chi connectivity index (χ0) is 20.9. The summed E-state index contributed by atoms with van der Waals surface area (Å²) in [6, 6.07) is 13.0. The Bertz CT molecular complexity index is 849. The molecule has 0 unspecified atom stereocenters. The van der Waals surface area contributed by atoms with Crippen LogP contribution in [0.15, 0.2) is 48.7 Å². The topological polar surface area (TPSA) is 80.8 Å². The molecular weight excluding hydrogens is 370 g/mol. The summed E-state index contributed by atoms with van der Waals surface area (Å²) in [6.45, 7) is 6.21. The van der Waals surface area contributed by atoms with Crippen molar-refractivity contribution in [2.24, 2.45) is 0 Å². The number of hydrogen-bond donors (Lipinski definition) is 1. The highest BCUT2D eigenvalue weighted by Crippen LogP contribution is 2.35. The number of amides is 2. The van der Waals surface area contributed by atoms with Crippen molar-refractivity contribution in [3.63, 3.8) is 0 Å². The molecule has 0 radical (unpaired) electrons. The van der Waals surface area contributed by atoms with Crippen LogP contribution in [0.2, 0.25) is 0 Å². The van der Waals surface area contributed by atoms with Crippen LogP contribution in [0.1, 0.15) is 50.8 Å². The van der Waals surface area contributed by atoms with E-state index in [0.717, 1.165) is 24.0 Å². The number of nitrogens with one attached hydrogen (secondary N) is 1. The fraction of sp³-hybridized carbons (Fsp3) is 0.409. The zero-order valence-corrected chi connectivity index (χ0v) is 17.1. The predicted molar refractivity (Wildman–Crippen MR) is 109 cm³/mol. The fourth-order valence-corrected chi connectivity index (χ4v) is 3.30. The lowest BCUT2D eigenvalue weighted by Gasteiger charge is -2.26. The fourth-order valence-electron chi connectivity index (χ4n) is 3.30. The van der Waals surface area contributed by atoms with E-state index in [0.29, 0.717) is 12.4 Å². The molecule has 154 valence electrons. The van der Waals surface area contributed by atoms with E-state index in [1.54, 1.807) is 37.9 Å². The van der Waals surface area contributed by atoms with Crippen LogP contribution in [0.5, 0.6) is 0 Å². The number of anilines is 1. The van der Waals surface area contributed by atoms with Crippen molar-refractivity contribution in [3.8, 4) is 0 Å². The molecule has 7 nitrogen and oxygen atoms in total. The Kier molecular flexibility index (Phi) is 6.36. The first kappa shape index (κ1) is 20.6. The molecule has 0 saturated carbocycles. The molecule has 29 heavy (non-hydrogen) atoms. The first-order valence-corrected chi connectivity index (χ1v) is 9.76. The minimum atomic E-state index is -0.611. The highest BCUT2D eigenvalue weighted by molar-refractivity contribution is 5.84. The molecule has 1 N–H and O–H groups in total. The Morgan fingerprint density at radius 3 is 2.66 bits per heavy atom. The second kappa shape index (κ2) is 8.94. The van der Waals surface area contributed by atoms with E-state index >= 15 is 0 Å². The first-order chi connectivity index (χ1) is 13.8. The van der Waals surface area contributed by atoms with Gasteiger partial charge in [0.15, 0.2) is 0 Å². The van der Waals surface area contributed by atoms with Crippen LogP contribution in [0, 0.1) is 0 Å². The third kappa shape index (κ3) is 5.70. The number of ether oxygens (including phenoxy) is 2.